The highest BCUT2D eigenvalue weighted by atomic mass is 16.6. The molecule has 4 nitrogen and oxygen atoms in total. The molecule has 0 aromatic rings. The maximum Gasteiger partial charge on any atom is 0.233 e. The van der Waals surface area contributed by atoms with Crippen molar-refractivity contribution >= 4 is 11.8 Å². The first-order valence-electron chi connectivity index (χ1n) is 7.18. The van der Waals surface area contributed by atoms with Crippen LogP contribution < -0.4 is 0 Å². The predicted molar refractivity (Wildman–Crippen MR) is 67.9 cm³/mol. The third kappa shape index (κ3) is 1.07. The van der Waals surface area contributed by atoms with E-state index in [1.165, 1.54) is 4.90 Å². The van der Waals surface area contributed by atoms with Crippen molar-refractivity contribution in [3.05, 3.63) is 12.7 Å². The highest BCUT2D eigenvalue weighted by molar-refractivity contribution is 6.06. The minimum Gasteiger partial charge on any atom is -0.365 e. The Morgan fingerprint density at radius 2 is 2.11 bits per heavy atom. The summed E-state index contributed by atoms with van der Waals surface area (Å²) in [5, 5.41) is 0. The quantitative estimate of drug-likeness (QED) is 0.436. The van der Waals surface area contributed by atoms with Crippen molar-refractivity contribution in [2.75, 3.05) is 6.54 Å². The number of hydrogen-bond donors (Lipinski definition) is 0. The van der Waals surface area contributed by atoms with E-state index in [0.29, 0.717) is 12.5 Å². The molecule has 0 aromatic heterocycles. The minimum absolute atomic E-state index is 0.00950. The van der Waals surface area contributed by atoms with Gasteiger partial charge in [-0.25, -0.2) is 0 Å². The van der Waals surface area contributed by atoms with E-state index in [0.717, 1.165) is 6.42 Å². The van der Waals surface area contributed by atoms with Crippen molar-refractivity contribution in [3.8, 4) is 0 Å². The summed E-state index contributed by atoms with van der Waals surface area (Å²) in [6.07, 6.45) is 2.85. The number of hydrogen-bond acceptors (Lipinski definition) is 3. The Morgan fingerprint density at radius 3 is 2.74 bits per heavy atom. The van der Waals surface area contributed by atoms with Crippen LogP contribution in [-0.4, -0.2) is 35.0 Å². The molecule has 2 heterocycles. The largest absolute Gasteiger partial charge is 0.365 e. The van der Waals surface area contributed by atoms with E-state index in [1.807, 2.05) is 0 Å². The molecule has 0 spiro atoms. The Kier molecular flexibility index (Phi) is 2.02. The van der Waals surface area contributed by atoms with Crippen molar-refractivity contribution in [2.24, 2.45) is 29.6 Å². The summed E-state index contributed by atoms with van der Waals surface area (Å²) in [6.45, 7) is 8.32. The zero-order valence-corrected chi connectivity index (χ0v) is 11.3. The summed E-state index contributed by atoms with van der Waals surface area (Å²) in [4.78, 5) is 26.3. The van der Waals surface area contributed by atoms with E-state index >= 15 is 0 Å². The topological polar surface area (TPSA) is 49.9 Å². The van der Waals surface area contributed by atoms with Gasteiger partial charge in [0.05, 0.1) is 17.9 Å². The first-order chi connectivity index (χ1) is 9.04. The van der Waals surface area contributed by atoms with Gasteiger partial charge in [-0.05, 0) is 12.3 Å². The van der Waals surface area contributed by atoms with E-state index < -0.39 is 0 Å². The van der Waals surface area contributed by atoms with Gasteiger partial charge in [0.1, 0.15) is 5.60 Å². The summed E-state index contributed by atoms with van der Waals surface area (Å²) in [5.74, 6) is 0.717. The van der Waals surface area contributed by atoms with E-state index in [1.54, 1.807) is 6.08 Å². The molecule has 4 fully saturated rings. The average Bonchev–Trinajstić information content (AvgIpc) is 2.84. The fourth-order valence-electron chi connectivity index (χ4n) is 5.12. The monoisotopic (exact) mass is 261 g/mol. The van der Waals surface area contributed by atoms with Crippen molar-refractivity contribution in [3.63, 3.8) is 0 Å². The number of epoxide rings is 1. The third-order valence-corrected chi connectivity index (χ3v) is 5.81. The van der Waals surface area contributed by atoms with Crippen LogP contribution in [0.1, 0.15) is 20.3 Å². The normalized spacial score (nSPS) is 49.8. The minimum atomic E-state index is -0.126. The van der Waals surface area contributed by atoms with Gasteiger partial charge < -0.3 is 4.74 Å². The lowest BCUT2D eigenvalue weighted by Crippen LogP contribution is -2.40. The van der Waals surface area contributed by atoms with Crippen LogP contribution in [-0.2, 0) is 14.3 Å². The summed E-state index contributed by atoms with van der Waals surface area (Å²) in [6, 6.07) is 0. The van der Waals surface area contributed by atoms with Crippen LogP contribution in [0.5, 0.6) is 0 Å². The molecule has 0 aromatic carbocycles. The van der Waals surface area contributed by atoms with Crippen molar-refractivity contribution < 1.29 is 14.3 Å². The number of imide groups is 1. The molecule has 19 heavy (non-hydrogen) atoms. The smallest absolute Gasteiger partial charge is 0.233 e. The molecular weight excluding hydrogens is 242 g/mol. The molecule has 4 aliphatic rings. The number of amides is 2. The highest BCUT2D eigenvalue weighted by Gasteiger charge is 2.81. The maximum atomic E-state index is 12.5. The second-order valence-electron chi connectivity index (χ2n) is 6.68. The van der Waals surface area contributed by atoms with Crippen LogP contribution >= 0.6 is 0 Å². The van der Waals surface area contributed by atoms with Gasteiger partial charge in [-0.1, -0.05) is 19.9 Å². The van der Waals surface area contributed by atoms with Gasteiger partial charge in [0.25, 0.3) is 0 Å². The van der Waals surface area contributed by atoms with Gasteiger partial charge >= 0.3 is 0 Å². The number of carbonyl (C=O) groups excluding carboxylic acids is 2. The lowest BCUT2D eigenvalue weighted by molar-refractivity contribution is -0.140. The van der Waals surface area contributed by atoms with E-state index in [2.05, 4.69) is 20.4 Å². The second-order valence-corrected chi connectivity index (χ2v) is 6.68. The van der Waals surface area contributed by atoms with E-state index in [4.69, 9.17) is 4.74 Å². The molecule has 4 rings (SSSR count). The predicted octanol–water partition coefficient (Wildman–Crippen LogP) is 1.22. The van der Waals surface area contributed by atoms with Gasteiger partial charge in [0.15, 0.2) is 0 Å². The molecule has 2 bridgehead atoms. The fraction of sp³-hybridized carbons (Fsp3) is 0.733. The number of ether oxygens (including phenoxy) is 1. The Bertz CT molecular complexity index is 500. The summed E-state index contributed by atoms with van der Waals surface area (Å²) in [7, 11) is 0. The van der Waals surface area contributed by atoms with Crippen LogP contribution in [0.4, 0.5) is 0 Å². The maximum absolute atomic E-state index is 12.5. The molecule has 2 aliphatic heterocycles. The average molecular weight is 261 g/mol. The van der Waals surface area contributed by atoms with Crippen LogP contribution in [0.15, 0.2) is 12.7 Å². The third-order valence-electron chi connectivity index (χ3n) is 5.81. The number of rotatable bonds is 3. The van der Waals surface area contributed by atoms with Gasteiger partial charge in [0, 0.05) is 18.4 Å². The first kappa shape index (κ1) is 11.6. The molecule has 0 radical (unpaired) electrons. The Hall–Kier alpha value is -1.16. The second kappa shape index (κ2) is 3.29. The molecular formula is C15H19NO3. The van der Waals surface area contributed by atoms with Gasteiger partial charge in [-0.15, -0.1) is 6.58 Å². The van der Waals surface area contributed by atoms with Crippen molar-refractivity contribution in [1.29, 1.82) is 0 Å². The number of carbonyl (C=O) groups is 2. The molecule has 102 valence electrons. The zero-order chi connectivity index (χ0) is 13.5. The van der Waals surface area contributed by atoms with E-state index in [9.17, 15) is 9.59 Å². The van der Waals surface area contributed by atoms with E-state index in [-0.39, 0.29) is 47.2 Å². The van der Waals surface area contributed by atoms with Crippen molar-refractivity contribution in [2.45, 2.75) is 32.0 Å². The standard InChI is InChI=1S/C15H19NO3/c1-4-5-16-13(17)10-8-6-9(11(10)14(16)18)15(7(2)3)12(8)19-15/h4,7-12H,1,5-6H2,2-3H3. The lowest BCUT2D eigenvalue weighted by atomic mass is 9.71. The SMILES string of the molecule is C=CCN1C(=O)C2C3CC(C2C1=O)C1(C(C)C)OC31. The molecule has 2 aliphatic carbocycles. The van der Waals surface area contributed by atoms with Crippen molar-refractivity contribution in [1.82, 2.24) is 4.90 Å². The Labute approximate surface area is 112 Å². The molecule has 2 saturated carbocycles. The van der Waals surface area contributed by atoms with Gasteiger partial charge in [-0.2, -0.15) is 0 Å². The molecule has 6 unspecified atom stereocenters. The number of nitrogens with zero attached hydrogens (tertiary/aromatic N) is 1. The highest BCUT2D eigenvalue weighted by Crippen LogP contribution is 2.71. The lowest BCUT2D eigenvalue weighted by Gasteiger charge is -2.28. The molecule has 4 heteroatoms. The van der Waals surface area contributed by atoms with Crippen LogP contribution in [0, 0.1) is 29.6 Å². The van der Waals surface area contributed by atoms with Crippen LogP contribution in [0.3, 0.4) is 0 Å². The van der Waals surface area contributed by atoms with Gasteiger partial charge in [0.2, 0.25) is 11.8 Å². The molecule has 0 N–H and O–H groups in total. The van der Waals surface area contributed by atoms with Gasteiger partial charge in [-0.3, -0.25) is 14.5 Å². The fourth-order valence-corrected chi connectivity index (χ4v) is 5.12. The number of fused-ring (bicyclic) bond motifs is 8. The Morgan fingerprint density at radius 1 is 1.42 bits per heavy atom. The summed E-state index contributed by atoms with van der Waals surface area (Å²) in [5.41, 5.74) is -0.105. The van der Waals surface area contributed by atoms with Crippen LogP contribution in [0.25, 0.3) is 0 Å². The summed E-state index contributed by atoms with van der Waals surface area (Å²) >= 11 is 0. The molecule has 6 atom stereocenters. The molecule has 2 amide bonds. The molecule has 2 saturated heterocycles. The summed E-state index contributed by atoms with van der Waals surface area (Å²) < 4.78 is 5.97. The first-order valence-corrected chi connectivity index (χ1v) is 7.18. The Balaban J connectivity index is 1.71. The number of likely N-dealkylation sites (tertiary alicyclic amines) is 1. The van der Waals surface area contributed by atoms with Crippen LogP contribution in [0.2, 0.25) is 0 Å². The zero-order valence-electron chi connectivity index (χ0n) is 11.3.